The lowest BCUT2D eigenvalue weighted by Crippen LogP contribution is -2.08. The van der Waals surface area contributed by atoms with Crippen LogP contribution in [0.5, 0.6) is 17.2 Å². The van der Waals surface area contributed by atoms with E-state index in [-0.39, 0.29) is 0 Å². The molecule has 0 aromatic heterocycles. The maximum absolute atomic E-state index is 6.67. The van der Waals surface area contributed by atoms with Gasteiger partial charge in [-0.25, -0.2) is 0 Å². The molecule has 0 atom stereocenters. The normalized spacial score (nSPS) is 11.8. The van der Waals surface area contributed by atoms with E-state index in [9.17, 15) is 0 Å². The average molecular weight is 521 g/mol. The van der Waals surface area contributed by atoms with Gasteiger partial charge in [-0.1, -0.05) is 114 Å². The van der Waals surface area contributed by atoms with Gasteiger partial charge >= 0.3 is 0 Å². The van der Waals surface area contributed by atoms with Crippen LogP contribution in [0.3, 0.4) is 0 Å². The molecule has 0 aliphatic carbocycles. The van der Waals surface area contributed by atoms with Crippen molar-refractivity contribution in [3.63, 3.8) is 0 Å². The van der Waals surface area contributed by atoms with E-state index in [2.05, 4.69) is 120 Å². The minimum Gasteiger partial charge on any atom is -0.493 e. The van der Waals surface area contributed by atoms with Crippen molar-refractivity contribution in [1.82, 2.24) is 0 Å². The van der Waals surface area contributed by atoms with Crippen LogP contribution in [-0.2, 0) is 0 Å². The van der Waals surface area contributed by atoms with Gasteiger partial charge in [0, 0.05) is 32.7 Å². The molecule has 0 spiro atoms. The van der Waals surface area contributed by atoms with Crippen molar-refractivity contribution in [3.8, 4) is 28.4 Å². The van der Waals surface area contributed by atoms with E-state index in [1.807, 2.05) is 0 Å². The quantitative estimate of drug-likeness (QED) is 0.171. The lowest BCUT2D eigenvalue weighted by atomic mass is 9.89. The second-order valence-corrected chi connectivity index (χ2v) is 11.7. The van der Waals surface area contributed by atoms with Gasteiger partial charge in [0.2, 0.25) is 0 Å². The van der Waals surface area contributed by atoms with Crippen molar-refractivity contribution in [2.45, 2.75) is 41.5 Å². The molecule has 5 aromatic rings. The van der Waals surface area contributed by atoms with Gasteiger partial charge in [0.25, 0.3) is 0 Å². The van der Waals surface area contributed by atoms with Crippen LogP contribution in [0.25, 0.3) is 43.4 Å². The Morgan fingerprint density at radius 3 is 1.33 bits per heavy atom. The Labute approximate surface area is 232 Å². The molecule has 0 N–H and O–H groups in total. The third-order valence-electron chi connectivity index (χ3n) is 6.80. The third-order valence-corrected chi connectivity index (χ3v) is 6.80. The molecule has 202 valence electrons. The first-order valence-corrected chi connectivity index (χ1v) is 14.2. The Balaban J connectivity index is 1.88. The summed E-state index contributed by atoms with van der Waals surface area (Å²) in [6.45, 7) is 15.1. The van der Waals surface area contributed by atoms with Crippen LogP contribution in [0.1, 0.15) is 41.5 Å². The van der Waals surface area contributed by atoms with Gasteiger partial charge in [-0.05, 0) is 34.6 Å². The largest absolute Gasteiger partial charge is 0.493 e. The summed E-state index contributed by atoms with van der Waals surface area (Å²) in [4.78, 5) is 0. The van der Waals surface area contributed by atoms with Crippen LogP contribution in [0, 0.1) is 17.8 Å². The average Bonchev–Trinajstić information content (AvgIpc) is 2.92. The standard InChI is InChI=1S/C36H40O3/c1-23(2)20-37-33-19-32(36(39-22-25(5)6)29-16-10-7-13-26(29)33)34-27-14-8-11-17-30(27)35(38-21-24(3)4)31-18-12-9-15-28(31)34/h7-19,23-25H,20-22H2,1-6H3. The fourth-order valence-electron chi connectivity index (χ4n) is 5.07. The highest BCUT2D eigenvalue weighted by Gasteiger charge is 2.22. The molecular formula is C36H40O3. The zero-order chi connectivity index (χ0) is 27.5. The van der Waals surface area contributed by atoms with E-state index in [1.165, 1.54) is 0 Å². The first-order valence-electron chi connectivity index (χ1n) is 14.2. The van der Waals surface area contributed by atoms with Gasteiger partial charge in [0.15, 0.2) is 0 Å². The molecule has 5 aromatic carbocycles. The predicted octanol–water partition coefficient (Wildman–Crippen LogP) is 9.92. The molecule has 39 heavy (non-hydrogen) atoms. The van der Waals surface area contributed by atoms with Crippen molar-refractivity contribution >= 4 is 32.3 Å². The molecule has 0 unspecified atom stereocenters. The molecule has 0 aliphatic heterocycles. The monoisotopic (exact) mass is 520 g/mol. The summed E-state index contributed by atoms with van der Waals surface area (Å²) in [6.07, 6.45) is 0. The summed E-state index contributed by atoms with van der Waals surface area (Å²) in [5.41, 5.74) is 2.20. The zero-order valence-corrected chi connectivity index (χ0v) is 24.1. The van der Waals surface area contributed by atoms with Gasteiger partial charge in [-0.2, -0.15) is 0 Å². The van der Waals surface area contributed by atoms with Crippen LogP contribution >= 0.6 is 0 Å². The van der Waals surface area contributed by atoms with Gasteiger partial charge in [-0.15, -0.1) is 0 Å². The second kappa shape index (κ2) is 11.6. The van der Waals surface area contributed by atoms with Crippen LogP contribution in [0.2, 0.25) is 0 Å². The molecule has 0 saturated heterocycles. The highest BCUT2D eigenvalue weighted by atomic mass is 16.5. The van der Waals surface area contributed by atoms with Crippen molar-refractivity contribution in [1.29, 1.82) is 0 Å². The van der Waals surface area contributed by atoms with E-state index in [4.69, 9.17) is 14.2 Å². The molecule has 0 amide bonds. The predicted molar refractivity (Wildman–Crippen MR) is 165 cm³/mol. The Morgan fingerprint density at radius 2 is 0.846 bits per heavy atom. The molecule has 5 rings (SSSR count). The molecule has 3 heteroatoms. The van der Waals surface area contributed by atoms with Gasteiger partial charge < -0.3 is 14.2 Å². The molecule has 0 saturated carbocycles. The van der Waals surface area contributed by atoms with Gasteiger partial charge in [0.05, 0.1) is 19.8 Å². The Bertz CT molecular complexity index is 1540. The first kappa shape index (κ1) is 26.9. The maximum Gasteiger partial charge on any atom is 0.135 e. The highest BCUT2D eigenvalue weighted by Crippen LogP contribution is 2.49. The summed E-state index contributed by atoms with van der Waals surface area (Å²) in [5, 5.41) is 6.66. The Morgan fingerprint density at radius 1 is 0.462 bits per heavy atom. The Hall–Kier alpha value is -3.72. The molecular weight excluding hydrogens is 480 g/mol. The summed E-state index contributed by atoms with van der Waals surface area (Å²) >= 11 is 0. The fraction of sp³-hybridized carbons (Fsp3) is 0.333. The first-order chi connectivity index (χ1) is 18.8. The molecule has 0 aliphatic rings. The SMILES string of the molecule is CC(C)COc1cc(-c2c3ccccc3c(OCC(C)C)c3ccccc23)c(OCC(C)C)c2ccccc12. The lowest BCUT2D eigenvalue weighted by Gasteiger charge is -2.23. The van der Waals surface area contributed by atoms with Crippen molar-refractivity contribution in [2.24, 2.45) is 17.8 Å². The summed E-state index contributed by atoms with van der Waals surface area (Å²) in [7, 11) is 0. The Kier molecular flexibility index (Phi) is 7.97. The smallest absolute Gasteiger partial charge is 0.135 e. The summed E-state index contributed by atoms with van der Waals surface area (Å²) in [6, 6.07) is 27.8. The summed E-state index contributed by atoms with van der Waals surface area (Å²) < 4.78 is 19.6. The van der Waals surface area contributed by atoms with Crippen molar-refractivity contribution < 1.29 is 14.2 Å². The highest BCUT2D eigenvalue weighted by molar-refractivity contribution is 6.19. The van der Waals surface area contributed by atoms with E-state index < -0.39 is 0 Å². The molecule has 0 bridgehead atoms. The van der Waals surface area contributed by atoms with Gasteiger partial charge in [0.1, 0.15) is 17.2 Å². The van der Waals surface area contributed by atoms with Crippen LogP contribution in [-0.4, -0.2) is 19.8 Å². The molecule has 3 nitrogen and oxygen atoms in total. The topological polar surface area (TPSA) is 27.7 Å². The number of fused-ring (bicyclic) bond motifs is 3. The number of benzene rings is 5. The minimum atomic E-state index is 0.397. The number of rotatable bonds is 10. The van der Waals surface area contributed by atoms with E-state index in [1.54, 1.807) is 0 Å². The zero-order valence-electron chi connectivity index (χ0n) is 24.1. The third kappa shape index (κ3) is 5.54. The van der Waals surface area contributed by atoms with Crippen LogP contribution in [0.4, 0.5) is 0 Å². The number of hydrogen-bond donors (Lipinski definition) is 0. The number of ether oxygens (including phenoxy) is 3. The van der Waals surface area contributed by atoms with Gasteiger partial charge in [-0.3, -0.25) is 0 Å². The van der Waals surface area contributed by atoms with Crippen LogP contribution in [0.15, 0.2) is 78.9 Å². The fourth-order valence-corrected chi connectivity index (χ4v) is 5.07. The second-order valence-electron chi connectivity index (χ2n) is 11.7. The maximum atomic E-state index is 6.67. The van der Waals surface area contributed by atoms with Crippen molar-refractivity contribution in [3.05, 3.63) is 78.9 Å². The minimum absolute atomic E-state index is 0.397. The van der Waals surface area contributed by atoms with E-state index >= 15 is 0 Å². The molecule has 0 fully saturated rings. The van der Waals surface area contributed by atoms with E-state index in [0.717, 1.165) is 60.7 Å². The van der Waals surface area contributed by atoms with Crippen LogP contribution < -0.4 is 14.2 Å². The van der Waals surface area contributed by atoms with Crippen molar-refractivity contribution in [2.75, 3.05) is 19.8 Å². The number of hydrogen-bond acceptors (Lipinski definition) is 3. The molecule has 0 heterocycles. The van der Waals surface area contributed by atoms with E-state index in [0.29, 0.717) is 37.6 Å². The lowest BCUT2D eigenvalue weighted by molar-refractivity contribution is 0.269. The summed E-state index contributed by atoms with van der Waals surface area (Å²) in [5.74, 6) is 3.98. The molecule has 0 radical (unpaired) electrons.